The second kappa shape index (κ2) is 12.4. The van der Waals surface area contributed by atoms with Crippen molar-refractivity contribution in [2.75, 3.05) is 46.7 Å². The van der Waals surface area contributed by atoms with Gasteiger partial charge in [0.25, 0.3) is 5.91 Å². The van der Waals surface area contributed by atoms with E-state index in [1.54, 1.807) is 22.9 Å². The largest absolute Gasteiger partial charge is 0.491 e. The van der Waals surface area contributed by atoms with Gasteiger partial charge < -0.3 is 24.8 Å². The molecule has 3 aromatic rings. The molecule has 38 heavy (non-hydrogen) atoms. The SMILES string of the molecule is CCCn1c(NC(=O)c2cc(C)nn2CC)nc2cc(C(N)=O)cc(OCCCN=C(N(C)C)N(C)C)c21. The zero-order valence-electron chi connectivity index (χ0n) is 23.4. The molecule has 2 aromatic heterocycles. The lowest BCUT2D eigenvalue weighted by Gasteiger charge is -2.22. The number of primary amides is 1. The third kappa shape index (κ3) is 6.42. The monoisotopic (exact) mass is 525 g/mol. The fourth-order valence-electron chi connectivity index (χ4n) is 4.26. The first-order valence-electron chi connectivity index (χ1n) is 12.8. The zero-order chi connectivity index (χ0) is 28.0. The fourth-order valence-corrected chi connectivity index (χ4v) is 4.26. The van der Waals surface area contributed by atoms with Gasteiger partial charge >= 0.3 is 0 Å². The second-order valence-corrected chi connectivity index (χ2v) is 9.41. The second-order valence-electron chi connectivity index (χ2n) is 9.41. The summed E-state index contributed by atoms with van der Waals surface area (Å²) in [6.07, 6.45) is 1.46. The van der Waals surface area contributed by atoms with Crippen LogP contribution in [0.25, 0.3) is 11.0 Å². The molecule has 2 amide bonds. The summed E-state index contributed by atoms with van der Waals surface area (Å²) in [6, 6.07) is 5.00. The van der Waals surface area contributed by atoms with Gasteiger partial charge in [-0.25, -0.2) is 4.98 Å². The van der Waals surface area contributed by atoms with Crippen molar-refractivity contribution >= 4 is 34.8 Å². The maximum Gasteiger partial charge on any atom is 0.276 e. The van der Waals surface area contributed by atoms with E-state index < -0.39 is 5.91 Å². The quantitative estimate of drug-likeness (QED) is 0.223. The number of nitrogens with zero attached hydrogens (tertiary/aromatic N) is 7. The maximum atomic E-state index is 13.1. The molecule has 0 radical (unpaired) electrons. The van der Waals surface area contributed by atoms with E-state index in [9.17, 15) is 9.59 Å². The Hall–Kier alpha value is -4.09. The minimum atomic E-state index is -0.582. The van der Waals surface area contributed by atoms with E-state index in [0.717, 1.165) is 18.1 Å². The van der Waals surface area contributed by atoms with Gasteiger partial charge in [-0.2, -0.15) is 5.10 Å². The van der Waals surface area contributed by atoms with Crippen molar-refractivity contribution in [1.82, 2.24) is 29.1 Å². The van der Waals surface area contributed by atoms with E-state index in [1.807, 2.05) is 63.3 Å². The Morgan fingerprint density at radius 2 is 1.84 bits per heavy atom. The topological polar surface area (TPSA) is 136 Å². The molecule has 3 rings (SSSR count). The number of nitrogens with two attached hydrogens (primary N) is 1. The third-order valence-electron chi connectivity index (χ3n) is 5.81. The predicted octanol–water partition coefficient (Wildman–Crippen LogP) is 2.57. The molecule has 3 N–H and O–H groups in total. The van der Waals surface area contributed by atoms with Crippen LogP contribution >= 0.6 is 0 Å². The van der Waals surface area contributed by atoms with E-state index in [0.29, 0.717) is 61.1 Å². The standard InChI is InChI=1S/C26H39N9O3/c1-8-12-34-22-19(29-25(34)30-24(37)20-14-17(3)31-35(20)9-2)15-18(23(27)36)16-21(22)38-13-10-11-28-26(32(4)5)33(6)7/h14-16H,8-13H2,1-7H3,(H2,27,36)(H,29,30,37). The summed E-state index contributed by atoms with van der Waals surface area (Å²) in [4.78, 5) is 38.4. The number of aromatic nitrogens is 4. The van der Waals surface area contributed by atoms with Crippen LogP contribution in [0.15, 0.2) is 23.2 Å². The third-order valence-corrected chi connectivity index (χ3v) is 5.81. The number of anilines is 1. The number of ether oxygens (including phenoxy) is 1. The average Bonchev–Trinajstić information content (AvgIpc) is 3.40. The Labute approximate surface area is 223 Å². The number of benzene rings is 1. The summed E-state index contributed by atoms with van der Waals surface area (Å²) in [6.45, 7) is 7.92. The van der Waals surface area contributed by atoms with Crippen LogP contribution in [0.3, 0.4) is 0 Å². The first kappa shape index (κ1) is 28.5. The summed E-state index contributed by atoms with van der Waals surface area (Å²) in [5.41, 5.74) is 8.30. The molecule has 0 atom stereocenters. The minimum Gasteiger partial charge on any atom is -0.491 e. The number of amides is 2. The number of imidazole rings is 1. The summed E-state index contributed by atoms with van der Waals surface area (Å²) in [5, 5.41) is 7.29. The minimum absolute atomic E-state index is 0.284. The van der Waals surface area contributed by atoms with Crippen LogP contribution in [0.5, 0.6) is 5.75 Å². The molecule has 1 aromatic carbocycles. The number of carbonyl (C=O) groups excluding carboxylic acids is 2. The highest BCUT2D eigenvalue weighted by molar-refractivity contribution is 6.04. The number of fused-ring (bicyclic) bond motifs is 1. The molecule has 206 valence electrons. The lowest BCUT2D eigenvalue weighted by molar-refractivity contribution is 0.0995. The summed E-state index contributed by atoms with van der Waals surface area (Å²) < 4.78 is 9.71. The Morgan fingerprint density at radius 3 is 2.45 bits per heavy atom. The van der Waals surface area contributed by atoms with E-state index in [2.05, 4.69) is 20.4 Å². The van der Waals surface area contributed by atoms with Gasteiger partial charge in [0, 0.05) is 59.8 Å². The van der Waals surface area contributed by atoms with Gasteiger partial charge in [-0.15, -0.1) is 0 Å². The molecule has 0 bridgehead atoms. The van der Waals surface area contributed by atoms with E-state index in [-0.39, 0.29) is 11.5 Å². The summed E-state index contributed by atoms with van der Waals surface area (Å²) >= 11 is 0. The van der Waals surface area contributed by atoms with E-state index >= 15 is 0 Å². The van der Waals surface area contributed by atoms with Gasteiger partial charge in [-0.05, 0) is 38.5 Å². The Balaban J connectivity index is 1.93. The lowest BCUT2D eigenvalue weighted by Crippen LogP contribution is -2.35. The van der Waals surface area contributed by atoms with E-state index in [1.165, 1.54) is 0 Å². The van der Waals surface area contributed by atoms with Crippen molar-refractivity contribution in [3.8, 4) is 5.75 Å². The zero-order valence-corrected chi connectivity index (χ0v) is 23.4. The van der Waals surface area contributed by atoms with Crippen LogP contribution in [0, 0.1) is 6.92 Å². The van der Waals surface area contributed by atoms with Gasteiger partial charge in [-0.3, -0.25) is 24.6 Å². The summed E-state index contributed by atoms with van der Waals surface area (Å²) in [7, 11) is 7.79. The molecule has 0 unspecified atom stereocenters. The van der Waals surface area contributed by atoms with Crippen LogP contribution in [0.4, 0.5) is 5.95 Å². The number of aryl methyl sites for hydroxylation is 3. The van der Waals surface area contributed by atoms with Crippen molar-refractivity contribution in [3.63, 3.8) is 0 Å². The lowest BCUT2D eigenvalue weighted by atomic mass is 10.1. The number of carbonyl (C=O) groups is 2. The normalized spacial score (nSPS) is 10.9. The number of hydrogen-bond acceptors (Lipinski definition) is 6. The Kier molecular flexibility index (Phi) is 9.32. The summed E-state index contributed by atoms with van der Waals surface area (Å²) in [5.74, 6) is 0.820. The van der Waals surface area contributed by atoms with Crippen molar-refractivity contribution in [3.05, 3.63) is 35.2 Å². The van der Waals surface area contributed by atoms with Gasteiger partial charge in [0.05, 0.1) is 17.8 Å². The molecule has 0 fully saturated rings. The molecule has 0 saturated carbocycles. The molecule has 0 spiro atoms. The predicted molar refractivity (Wildman–Crippen MR) is 149 cm³/mol. The van der Waals surface area contributed by atoms with Gasteiger partial charge in [0.2, 0.25) is 11.9 Å². The Morgan fingerprint density at radius 1 is 1.13 bits per heavy atom. The maximum absolute atomic E-state index is 13.1. The molecule has 2 heterocycles. The van der Waals surface area contributed by atoms with Crippen molar-refractivity contribution in [2.45, 2.75) is 46.7 Å². The van der Waals surface area contributed by atoms with Crippen LogP contribution in [-0.4, -0.2) is 88.2 Å². The first-order valence-corrected chi connectivity index (χ1v) is 12.8. The smallest absolute Gasteiger partial charge is 0.276 e. The average molecular weight is 526 g/mol. The van der Waals surface area contributed by atoms with E-state index in [4.69, 9.17) is 10.5 Å². The number of nitrogens with one attached hydrogen (secondary N) is 1. The molecule has 12 nitrogen and oxygen atoms in total. The van der Waals surface area contributed by atoms with Crippen molar-refractivity contribution in [1.29, 1.82) is 0 Å². The van der Waals surface area contributed by atoms with Crippen LogP contribution in [-0.2, 0) is 13.1 Å². The van der Waals surface area contributed by atoms with Crippen molar-refractivity contribution < 1.29 is 14.3 Å². The first-order chi connectivity index (χ1) is 18.1. The van der Waals surface area contributed by atoms with Gasteiger partial charge in [0.1, 0.15) is 17.0 Å². The van der Waals surface area contributed by atoms with Gasteiger partial charge in [-0.1, -0.05) is 6.92 Å². The number of guanidine groups is 1. The van der Waals surface area contributed by atoms with Crippen molar-refractivity contribution in [2.24, 2.45) is 10.7 Å². The highest BCUT2D eigenvalue weighted by Crippen LogP contribution is 2.31. The van der Waals surface area contributed by atoms with Gasteiger partial charge in [0.15, 0.2) is 5.96 Å². The van der Waals surface area contributed by atoms with Crippen LogP contribution < -0.4 is 15.8 Å². The molecular weight excluding hydrogens is 486 g/mol. The Bertz CT molecular complexity index is 1310. The molecule has 0 aliphatic carbocycles. The molecule has 0 aliphatic heterocycles. The highest BCUT2D eigenvalue weighted by atomic mass is 16.5. The molecular formula is C26H39N9O3. The fraction of sp³-hybridized carbons (Fsp3) is 0.500. The van der Waals surface area contributed by atoms with Crippen LogP contribution in [0.1, 0.15) is 53.2 Å². The van der Waals surface area contributed by atoms with Crippen LogP contribution in [0.2, 0.25) is 0 Å². The number of hydrogen-bond donors (Lipinski definition) is 2. The molecule has 12 heteroatoms. The molecule has 0 aliphatic rings. The highest BCUT2D eigenvalue weighted by Gasteiger charge is 2.21. The number of rotatable bonds is 11. The molecule has 0 saturated heterocycles. The number of aliphatic imine (C=N–C) groups is 1.